The van der Waals surface area contributed by atoms with E-state index in [0.29, 0.717) is 6.42 Å². The van der Waals surface area contributed by atoms with E-state index in [2.05, 4.69) is 20.6 Å². The van der Waals surface area contributed by atoms with Crippen LogP contribution in [0.5, 0.6) is 0 Å². The lowest BCUT2D eigenvalue weighted by molar-refractivity contribution is 0.231. The van der Waals surface area contributed by atoms with Crippen LogP contribution in [0.3, 0.4) is 0 Å². The number of hydrogen-bond donors (Lipinski definition) is 1. The minimum absolute atomic E-state index is 0.147. The van der Waals surface area contributed by atoms with Gasteiger partial charge < -0.3 is 5.32 Å². The van der Waals surface area contributed by atoms with Crippen molar-refractivity contribution in [3.05, 3.63) is 51.7 Å². The Kier molecular flexibility index (Phi) is 4.40. The summed E-state index contributed by atoms with van der Waals surface area (Å²) in [6, 6.07) is 6.92. The van der Waals surface area contributed by atoms with Crippen LogP contribution in [0.25, 0.3) is 0 Å². The third-order valence-electron chi connectivity index (χ3n) is 3.49. The van der Waals surface area contributed by atoms with Gasteiger partial charge in [0, 0.05) is 44.5 Å². The first-order valence-corrected chi connectivity index (χ1v) is 7.79. The molecular weight excluding hydrogens is 273 g/mol. The minimum Gasteiger partial charge on any atom is -0.314 e. The van der Waals surface area contributed by atoms with E-state index in [1.165, 1.54) is 6.07 Å². The fourth-order valence-electron chi connectivity index (χ4n) is 2.41. The summed E-state index contributed by atoms with van der Waals surface area (Å²) in [5.41, 5.74) is 1.82. The van der Waals surface area contributed by atoms with Crippen molar-refractivity contribution in [2.75, 3.05) is 26.2 Å². The van der Waals surface area contributed by atoms with E-state index in [9.17, 15) is 4.39 Å². The van der Waals surface area contributed by atoms with Gasteiger partial charge in [-0.15, -0.1) is 11.3 Å². The number of hydrogen-bond acceptors (Lipinski definition) is 4. The second-order valence-corrected chi connectivity index (χ2v) is 5.97. The molecule has 20 heavy (non-hydrogen) atoms. The van der Waals surface area contributed by atoms with Crippen molar-refractivity contribution in [1.29, 1.82) is 0 Å². The maximum absolute atomic E-state index is 13.6. The number of halogens is 1. The molecule has 0 aliphatic carbocycles. The summed E-state index contributed by atoms with van der Waals surface area (Å²) < 4.78 is 13.6. The predicted octanol–water partition coefficient (Wildman–Crippen LogP) is 2.28. The number of nitrogens with one attached hydrogen (secondary N) is 1. The Morgan fingerprint density at radius 3 is 2.85 bits per heavy atom. The van der Waals surface area contributed by atoms with Crippen LogP contribution in [-0.2, 0) is 13.0 Å². The van der Waals surface area contributed by atoms with Gasteiger partial charge in [0.1, 0.15) is 5.82 Å². The molecule has 1 aliphatic heterocycles. The summed E-state index contributed by atoms with van der Waals surface area (Å²) >= 11 is 1.62. The van der Waals surface area contributed by atoms with Crippen LogP contribution < -0.4 is 5.32 Å². The van der Waals surface area contributed by atoms with Crippen molar-refractivity contribution in [2.24, 2.45) is 0 Å². The quantitative estimate of drug-likeness (QED) is 0.937. The van der Waals surface area contributed by atoms with E-state index in [-0.39, 0.29) is 5.82 Å². The van der Waals surface area contributed by atoms with Crippen LogP contribution in [-0.4, -0.2) is 36.1 Å². The van der Waals surface area contributed by atoms with Crippen molar-refractivity contribution in [3.8, 4) is 0 Å². The number of rotatable bonds is 4. The van der Waals surface area contributed by atoms with Crippen molar-refractivity contribution < 1.29 is 4.39 Å². The molecule has 1 aliphatic rings. The third kappa shape index (κ3) is 3.42. The van der Waals surface area contributed by atoms with E-state index < -0.39 is 0 Å². The monoisotopic (exact) mass is 291 g/mol. The molecule has 2 aromatic rings. The molecule has 0 amide bonds. The van der Waals surface area contributed by atoms with E-state index in [1.807, 2.05) is 12.1 Å². The largest absolute Gasteiger partial charge is 0.314 e. The Bertz CT molecular complexity index is 564. The number of aromatic nitrogens is 1. The summed E-state index contributed by atoms with van der Waals surface area (Å²) in [6.45, 7) is 5.13. The molecule has 1 fully saturated rings. The molecule has 5 heteroatoms. The van der Waals surface area contributed by atoms with Crippen molar-refractivity contribution in [1.82, 2.24) is 15.2 Å². The normalized spacial score (nSPS) is 16.4. The van der Waals surface area contributed by atoms with Crippen LogP contribution in [0.15, 0.2) is 29.6 Å². The second-order valence-electron chi connectivity index (χ2n) is 5.03. The highest BCUT2D eigenvalue weighted by Gasteiger charge is 2.12. The third-order valence-corrected chi connectivity index (χ3v) is 4.39. The fourth-order valence-corrected chi connectivity index (χ4v) is 3.21. The summed E-state index contributed by atoms with van der Waals surface area (Å²) in [5, 5.41) is 6.43. The highest BCUT2D eigenvalue weighted by molar-refractivity contribution is 7.09. The van der Waals surface area contributed by atoms with Gasteiger partial charge >= 0.3 is 0 Å². The highest BCUT2D eigenvalue weighted by atomic mass is 32.1. The van der Waals surface area contributed by atoms with E-state index in [1.54, 1.807) is 17.4 Å². The molecule has 0 unspecified atom stereocenters. The fraction of sp³-hybridized carbons (Fsp3) is 0.400. The van der Waals surface area contributed by atoms with E-state index in [0.717, 1.165) is 49.0 Å². The topological polar surface area (TPSA) is 28.2 Å². The predicted molar refractivity (Wildman–Crippen MR) is 79.5 cm³/mol. The number of thiazole rings is 1. The first-order chi connectivity index (χ1) is 9.81. The SMILES string of the molecule is Fc1ccccc1Cc1nc(CN2CCNCC2)cs1. The Balaban J connectivity index is 1.63. The smallest absolute Gasteiger partial charge is 0.126 e. The van der Waals surface area contributed by atoms with Crippen molar-refractivity contribution in [3.63, 3.8) is 0 Å². The maximum Gasteiger partial charge on any atom is 0.126 e. The lowest BCUT2D eigenvalue weighted by atomic mass is 10.1. The zero-order valence-corrected chi connectivity index (χ0v) is 12.1. The number of piperazine rings is 1. The van der Waals surface area contributed by atoms with Crippen LogP contribution in [0.2, 0.25) is 0 Å². The molecular formula is C15H18FN3S. The maximum atomic E-state index is 13.6. The lowest BCUT2D eigenvalue weighted by Gasteiger charge is -2.26. The van der Waals surface area contributed by atoms with Gasteiger partial charge in [0.15, 0.2) is 0 Å². The molecule has 1 aromatic heterocycles. The molecule has 106 valence electrons. The van der Waals surface area contributed by atoms with Gasteiger partial charge in [-0.3, -0.25) is 4.90 Å². The molecule has 0 bridgehead atoms. The summed E-state index contributed by atoms with van der Waals surface area (Å²) in [6.07, 6.45) is 0.582. The zero-order chi connectivity index (χ0) is 13.8. The molecule has 2 heterocycles. The molecule has 0 spiro atoms. The number of nitrogens with zero attached hydrogens (tertiary/aromatic N) is 2. The van der Waals surface area contributed by atoms with Gasteiger partial charge in [0.2, 0.25) is 0 Å². The van der Waals surface area contributed by atoms with Gasteiger partial charge in [-0.2, -0.15) is 0 Å². The molecule has 0 saturated carbocycles. The lowest BCUT2D eigenvalue weighted by Crippen LogP contribution is -2.42. The van der Waals surface area contributed by atoms with Crippen LogP contribution in [0, 0.1) is 5.82 Å². The average molecular weight is 291 g/mol. The highest BCUT2D eigenvalue weighted by Crippen LogP contribution is 2.18. The molecule has 1 aromatic carbocycles. The molecule has 0 radical (unpaired) electrons. The average Bonchev–Trinajstić information content (AvgIpc) is 2.90. The van der Waals surface area contributed by atoms with Crippen LogP contribution in [0.4, 0.5) is 4.39 Å². The van der Waals surface area contributed by atoms with E-state index in [4.69, 9.17) is 0 Å². The van der Waals surface area contributed by atoms with Gasteiger partial charge in [-0.1, -0.05) is 18.2 Å². The Morgan fingerprint density at radius 2 is 2.05 bits per heavy atom. The first-order valence-electron chi connectivity index (χ1n) is 6.91. The van der Waals surface area contributed by atoms with Crippen LogP contribution >= 0.6 is 11.3 Å². The van der Waals surface area contributed by atoms with Gasteiger partial charge in [-0.25, -0.2) is 9.37 Å². The molecule has 0 atom stereocenters. The molecule has 1 N–H and O–H groups in total. The second kappa shape index (κ2) is 6.43. The standard InChI is InChI=1S/C15H18FN3S/c16-14-4-2-1-3-12(14)9-15-18-13(11-20-15)10-19-7-5-17-6-8-19/h1-4,11,17H,5-10H2. The van der Waals surface area contributed by atoms with Gasteiger partial charge in [0.05, 0.1) is 10.7 Å². The first kappa shape index (κ1) is 13.7. The summed E-state index contributed by atoms with van der Waals surface area (Å²) in [5.74, 6) is -0.147. The van der Waals surface area contributed by atoms with E-state index >= 15 is 0 Å². The molecule has 3 rings (SSSR count). The molecule has 3 nitrogen and oxygen atoms in total. The summed E-state index contributed by atoms with van der Waals surface area (Å²) in [7, 11) is 0. The molecule has 1 saturated heterocycles. The zero-order valence-electron chi connectivity index (χ0n) is 11.3. The minimum atomic E-state index is -0.147. The summed E-state index contributed by atoms with van der Waals surface area (Å²) in [4.78, 5) is 7.03. The van der Waals surface area contributed by atoms with Gasteiger partial charge in [-0.05, 0) is 11.6 Å². The number of benzene rings is 1. The van der Waals surface area contributed by atoms with Crippen molar-refractivity contribution >= 4 is 11.3 Å². The van der Waals surface area contributed by atoms with Crippen LogP contribution in [0.1, 0.15) is 16.3 Å². The van der Waals surface area contributed by atoms with Gasteiger partial charge in [0.25, 0.3) is 0 Å². The van der Waals surface area contributed by atoms with Crippen molar-refractivity contribution in [2.45, 2.75) is 13.0 Å². The Hall–Kier alpha value is -1.30. The Morgan fingerprint density at radius 1 is 1.25 bits per heavy atom. The Labute approximate surface area is 122 Å².